The highest BCUT2D eigenvalue weighted by atomic mass is 127. The van der Waals surface area contributed by atoms with Gasteiger partial charge in [0.05, 0.1) is 18.5 Å². The number of anilines is 1. The van der Waals surface area contributed by atoms with Crippen LogP contribution >= 0.6 is 45.5 Å². The van der Waals surface area contributed by atoms with E-state index in [0.29, 0.717) is 0 Å². The lowest BCUT2D eigenvalue weighted by Crippen LogP contribution is -2.05. The smallest absolute Gasteiger partial charge is 0.171 e. The minimum Gasteiger partial charge on any atom is -0.369 e. The highest BCUT2D eigenvalue weighted by Crippen LogP contribution is 2.30. The van der Waals surface area contributed by atoms with Crippen LogP contribution in [0.3, 0.4) is 0 Å². The minimum atomic E-state index is 0.732. The van der Waals surface area contributed by atoms with Crippen LogP contribution in [0.25, 0.3) is 10.7 Å². The van der Waals surface area contributed by atoms with Gasteiger partial charge in [0.15, 0.2) is 5.82 Å². The van der Waals surface area contributed by atoms with Crippen LogP contribution in [0.2, 0.25) is 4.34 Å². The summed E-state index contributed by atoms with van der Waals surface area (Å²) in [5, 5.41) is 3.25. The molecule has 3 nitrogen and oxygen atoms in total. The number of aromatic nitrogens is 2. The van der Waals surface area contributed by atoms with E-state index in [1.54, 1.807) is 0 Å². The fraction of sp³-hybridized carbons (Fsp3) is 0.273. The van der Waals surface area contributed by atoms with Crippen LogP contribution in [-0.4, -0.2) is 16.5 Å². The molecule has 6 heteroatoms. The monoisotopic (exact) mass is 379 g/mol. The quantitative estimate of drug-likeness (QED) is 0.812. The molecule has 0 spiro atoms. The van der Waals surface area contributed by atoms with Crippen LogP contribution in [0.4, 0.5) is 5.82 Å². The van der Waals surface area contributed by atoms with Gasteiger partial charge in [0, 0.05) is 6.54 Å². The maximum Gasteiger partial charge on any atom is 0.171 e. The molecule has 0 unspecified atom stereocenters. The van der Waals surface area contributed by atoms with E-state index in [1.165, 1.54) is 11.3 Å². The van der Waals surface area contributed by atoms with Crippen molar-refractivity contribution < 1.29 is 0 Å². The van der Waals surface area contributed by atoms with Crippen molar-refractivity contribution in [3.63, 3.8) is 0 Å². The molecule has 2 heterocycles. The third-order valence-corrected chi connectivity index (χ3v) is 4.67. The van der Waals surface area contributed by atoms with E-state index in [0.717, 1.165) is 36.7 Å². The SMILES string of the molecule is CCNc1nc(-c2ccc(Cl)s2)nc(C)c1I. The Bertz CT molecular complexity index is 542. The van der Waals surface area contributed by atoms with Crippen molar-refractivity contribution >= 4 is 51.3 Å². The summed E-state index contributed by atoms with van der Waals surface area (Å²) in [6.45, 7) is 4.88. The van der Waals surface area contributed by atoms with Gasteiger partial charge >= 0.3 is 0 Å². The average molecular weight is 380 g/mol. The Kier molecular flexibility index (Phi) is 4.22. The zero-order valence-corrected chi connectivity index (χ0v) is 13.2. The lowest BCUT2D eigenvalue weighted by molar-refractivity contribution is 1.07. The van der Waals surface area contributed by atoms with E-state index in [2.05, 4.69) is 44.8 Å². The Balaban J connectivity index is 2.48. The second kappa shape index (κ2) is 5.49. The van der Waals surface area contributed by atoms with Crippen molar-refractivity contribution in [1.82, 2.24) is 9.97 Å². The molecule has 90 valence electrons. The average Bonchev–Trinajstić information content (AvgIpc) is 2.71. The van der Waals surface area contributed by atoms with E-state index < -0.39 is 0 Å². The van der Waals surface area contributed by atoms with Gasteiger partial charge in [0.25, 0.3) is 0 Å². The highest BCUT2D eigenvalue weighted by Gasteiger charge is 2.11. The minimum absolute atomic E-state index is 0.732. The molecule has 0 amide bonds. The van der Waals surface area contributed by atoms with Crippen LogP contribution in [0.15, 0.2) is 12.1 Å². The molecule has 0 fully saturated rings. The molecule has 1 N–H and O–H groups in total. The van der Waals surface area contributed by atoms with Gasteiger partial charge in [-0.2, -0.15) is 0 Å². The van der Waals surface area contributed by atoms with Crippen LogP contribution < -0.4 is 5.32 Å². The van der Waals surface area contributed by atoms with Crippen LogP contribution in [0.5, 0.6) is 0 Å². The first-order valence-corrected chi connectivity index (χ1v) is 7.43. The Morgan fingerprint density at radius 3 is 2.76 bits per heavy atom. The van der Waals surface area contributed by atoms with Crippen LogP contribution in [0, 0.1) is 10.5 Å². The Morgan fingerprint density at radius 2 is 2.18 bits per heavy atom. The fourth-order valence-corrected chi connectivity index (χ4v) is 2.80. The van der Waals surface area contributed by atoms with E-state index in [9.17, 15) is 0 Å². The molecular weight excluding hydrogens is 369 g/mol. The van der Waals surface area contributed by atoms with Gasteiger partial charge in [0.1, 0.15) is 5.82 Å². The van der Waals surface area contributed by atoms with Crippen molar-refractivity contribution in [1.29, 1.82) is 0 Å². The maximum atomic E-state index is 5.93. The molecule has 2 rings (SSSR count). The number of hydrogen-bond acceptors (Lipinski definition) is 4. The highest BCUT2D eigenvalue weighted by molar-refractivity contribution is 14.1. The van der Waals surface area contributed by atoms with Crippen LogP contribution in [-0.2, 0) is 0 Å². The third kappa shape index (κ3) is 2.89. The summed E-state index contributed by atoms with van der Waals surface area (Å²) < 4.78 is 1.82. The zero-order valence-electron chi connectivity index (χ0n) is 9.42. The summed E-state index contributed by atoms with van der Waals surface area (Å²) in [5.74, 6) is 1.62. The number of hydrogen-bond donors (Lipinski definition) is 1. The van der Waals surface area contributed by atoms with Crippen LogP contribution in [0.1, 0.15) is 12.6 Å². The van der Waals surface area contributed by atoms with E-state index in [-0.39, 0.29) is 0 Å². The van der Waals surface area contributed by atoms with Gasteiger partial charge in [-0.15, -0.1) is 11.3 Å². The largest absolute Gasteiger partial charge is 0.369 e. The molecule has 0 aliphatic rings. The molecule has 0 aromatic carbocycles. The molecule has 0 aliphatic carbocycles. The Morgan fingerprint density at radius 1 is 1.41 bits per heavy atom. The van der Waals surface area contributed by atoms with Crippen molar-refractivity contribution in [2.75, 3.05) is 11.9 Å². The second-order valence-electron chi connectivity index (χ2n) is 3.43. The number of nitrogens with zero attached hydrogens (tertiary/aromatic N) is 2. The van der Waals surface area contributed by atoms with Gasteiger partial charge in [0.2, 0.25) is 0 Å². The first-order valence-electron chi connectivity index (χ1n) is 5.15. The summed E-state index contributed by atoms with van der Waals surface area (Å²) in [5.41, 5.74) is 0.982. The Hall–Kier alpha value is -0.400. The number of aryl methyl sites for hydroxylation is 1. The molecular formula is C11H11ClIN3S. The zero-order chi connectivity index (χ0) is 12.4. The topological polar surface area (TPSA) is 37.8 Å². The van der Waals surface area contributed by atoms with Crippen molar-refractivity contribution in [2.24, 2.45) is 0 Å². The number of rotatable bonds is 3. The molecule has 2 aromatic rings. The summed E-state index contributed by atoms with van der Waals surface area (Å²) in [7, 11) is 0. The predicted octanol–water partition coefficient (Wildman–Crippen LogP) is 4.20. The third-order valence-electron chi connectivity index (χ3n) is 2.15. The van der Waals surface area contributed by atoms with Crippen molar-refractivity contribution in [2.45, 2.75) is 13.8 Å². The molecule has 0 bridgehead atoms. The number of halogens is 2. The number of nitrogens with one attached hydrogen (secondary N) is 1. The van der Waals surface area contributed by atoms with Crippen molar-refractivity contribution in [3.05, 3.63) is 25.7 Å². The maximum absolute atomic E-state index is 5.93. The van der Waals surface area contributed by atoms with Gasteiger partial charge in [-0.3, -0.25) is 0 Å². The van der Waals surface area contributed by atoms with E-state index >= 15 is 0 Å². The lowest BCUT2D eigenvalue weighted by atomic mass is 10.3. The second-order valence-corrected chi connectivity index (χ2v) is 6.22. The standard InChI is InChI=1S/C11H11ClIN3S/c1-3-14-11-9(13)6(2)15-10(16-11)7-4-5-8(12)17-7/h4-5H,3H2,1-2H3,(H,14,15,16). The molecule has 0 saturated heterocycles. The molecule has 0 radical (unpaired) electrons. The molecule has 17 heavy (non-hydrogen) atoms. The van der Waals surface area contributed by atoms with E-state index in [4.69, 9.17) is 11.6 Å². The molecule has 2 aromatic heterocycles. The Labute approximate surface area is 123 Å². The molecule has 0 saturated carbocycles. The van der Waals surface area contributed by atoms with Gasteiger partial charge in [-0.1, -0.05) is 11.6 Å². The molecule has 0 aliphatic heterocycles. The summed E-state index contributed by atoms with van der Waals surface area (Å²) >= 11 is 9.68. The summed E-state index contributed by atoms with van der Waals surface area (Å²) in [6.07, 6.45) is 0. The van der Waals surface area contributed by atoms with Gasteiger partial charge in [-0.25, -0.2) is 9.97 Å². The van der Waals surface area contributed by atoms with Gasteiger partial charge in [-0.05, 0) is 48.6 Å². The molecule has 0 atom stereocenters. The van der Waals surface area contributed by atoms with Gasteiger partial charge < -0.3 is 5.32 Å². The lowest BCUT2D eigenvalue weighted by Gasteiger charge is -2.08. The van der Waals surface area contributed by atoms with E-state index in [1.807, 2.05) is 19.1 Å². The number of thiophene rings is 1. The predicted molar refractivity (Wildman–Crippen MR) is 82.0 cm³/mol. The first kappa shape index (κ1) is 13.0. The van der Waals surface area contributed by atoms with Crippen molar-refractivity contribution in [3.8, 4) is 10.7 Å². The summed E-state index contributed by atoms with van der Waals surface area (Å²) in [4.78, 5) is 10.0. The summed E-state index contributed by atoms with van der Waals surface area (Å²) in [6, 6.07) is 3.81. The first-order chi connectivity index (χ1) is 8.11. The fourth-order valence-electron chi connectivity index (χ4n) is 1.39. The normalized spacial score (nSPS) is 10.6.